The van der Waals surface area contributed by atoms with E-state index < -0.39 is 0 Å². The Bertz CT molecular complexity index is 513. The van der Waals surface area contributed by atoms with Crippen molar-refractivity contribution in [2.75, 3.05) is 28.2 Å². The van der Waals surface area contributed by atoms with Crippen LogP contribution in [0.15, 0.2) is 29.3 Å². The molecule has 0 radical (unpaired) electrons. The average Bonchev–Trinajstić information content (AvgIpc) is 2.46. The van der Waals surface area contributed by atoms with Gasteiger partial charge in [0.2, 0.25) is 0 Å². The van der Waals surface area contributed by atoms with E-state index in [9.17, 15) is 4.79 Å². The summed E-state index contributed by atoms with van der Waals surface area (Å²) in [6.45, 7) is 4.61. The Kier molecular flexibility index (Phi) is 6.89. The molecule has 0 spiro atoms. The van der Waals surface area contributed by atoms with Crippen molar-refractivity contribution < 1.29 is 4.79 Å². The molecule has 0 heterocycles. The van der Waals surface area contributed by atoms with Gasteiger partial charge in [0.25, 0.3) is 5.91 Å². The smallest absolute Gasteiger partial charge is 0.251 e. The normalized spacial score (nSPS) is 11.5. The van der Waals surface area contributed by atoms with Crippen molar-refractivity contribution in [2.45, 2.75) is 32.9 Å². The molecule has 5 nitrogen and oxygen atoms in total. The minimum atomic E-state index is -0.0272. The van der Waals surface area contributed by atoms with Crippen molar-refractivity contribution in [2.24, 2.45) is 4.99 Å². The van der Waals surface area contributed by atoms with Crippen LogP contribution in [0.5, 0.6) is 0 Å². The van der Waals surface area contributed by atoms with E-state index in [2.05, 4.69) is 17.2 Å². The first-order valence-electron chi connectivity index (χ1n) is 7.64. The highest BCUT2D eigenvalue weighted by Gasteiger charge is 2.09. The van der Waals surface area contributed by atoms with Gasteiger partial charge in [-0.05, 0) is 31.0 Å². The van der Waals surface area contributed by atoms with E-state index in [4.69, 9.17) is 0 Å². The minimum absolute atomic E-state index is 0.0272. The summed E-state index contributed by atoms with van der Waals surface area (Å²) in [4.78, 5) is 20.7. The lowest BCUT2D eigenvalue weighted by molar-refractivity contribution is 0.0939. The van der Waals surface area contributed by atoms with Crippen LogP contribution in [0.4, 0.5) is 0 Å². The fourth-order valence-corrected chi connectivity index (χ4v) is 2.06. The fraction of sp³-hybridized carbons (Fsp3) is 0.529. The number of carbonyl (C=O) groups excluding carboxylic acids is 1. The predicted octanol–water partition coefficient (Wildman–Crippen LogP) is 2.19. The molecular weight excluding hydrogens is 276 g/mol. The lowest BCUT2D eigenvalue weighted by Gasteiger charge is -2.22. The summed E-state index contributed by atoms with van der Waals surface area (Å²) < 4.78 is 0. The molecule has 0 saturated heterocycles. The Balaban J connectivity index is 2.84. The second kappa shape index (κ2) is 8.41. The summed E-state index contributed by atoms with van der Waals surface area (Å²) in [6, 6.07) is 7.82. The number of amides is 1. The summed E-state index contributed by atoms with van der Waals surface area (Å²) in [6.07, 6.45) is 0.921. The molecule has 5 heteroatoms. The highest BCUT2D eigenvalue weighted by molar-refractivity contribution is 5.94. The lowest BCUT2D eigenvalue weighted by Crippen LogP contribution is -2.35. The maximum Gasteiger partial charge on any atom is 0.251 e. The number of hydrogen-bond acceptors (Lipinski definition) is 2. The standard InChI is InChI=1S/C17H28N4O/c1-7-13(2)19-16(22)15-10-8-9-14(11-15)12-18-17(20(3)4)21(5)6/h8-11,13H,7,12H2,1-6H3,(H,19,22). The predicted molar refractivity (Wildman–Crippen MR) is 92.2 cm³/mol. The first-order chi connectivity index (χ1) is 10.3. The summed E-state index contributed by atoms with van der Waals surface area (Å²) >= 11 is 0. The number of nitrogens with zero attached hydrogens (tertiary/aromatic N) is 3. The van der Waals surface area contributed by atoms with E-state index >= 15 is 0 Å². The molecule has 0 aliphatic rings. The van der Waals surface area contributed by atoms with E-state index in [-0.39, 0.29) is 11.9 Å². The van der Waals surface area contributed by atoms with E-state index in [1.54, 1.807) is 0 Å². The number of carbonyl (C=O) groups is 1. The number of aliphatic imine (C=N–C) groups is 1. The molecule has 1 amide bonds. The van der Waals surface area contributed by atoms with E-state index in [1.807, 2.05) is 69.2 Å². The summed E-state index contributed by atoms with van der Waals surface area (Å²) in [5, 5.41) is 2.98. The van der Waals surface area contributed by atoms with Gasteiger partial charge in [-0.2, -0.15) is 0 Å². The van der Waals surface area contributed by atoms with Gasteiger partial charge < -0.3 is 15.1 Å². The molecule has 1 aromatic carbocycles. The average molecular weight is 304 g/mol. The van der Waals surface area contributed by atoms with Crippen LogP contribution in [0, 0.1) is 0 Å². The summed E-state index contributed by atoms with van der Waals surface area (Å²) in [7, 11) is 7.87. The second-order valence-corrected chi connectivity index (χ2v) is 5.89. The first-order valence-corrected chi connectivity index (χ1v) is 7.64. The van der Waals surface area contributed by atoms with E-state index in [1.165, 1.54) is 0 Å². The zero-order chi connectivity index (χ0) is 16.7. The van der Waals surface area contributed by atoms with Gasteiger partial charge in [0.05, 0.1) is 6.54 Å². The molecular formula is C17H28N4O. The molecule has 1 N–H and O–H groups in total. The maximum absolute atomic E-state index is 12.2. The molecule has 0 aliphatic heterocycles. The van der Waals surface area contributed by atoms with E-state index in [0.29, 0.717) is 12.1 Å². The van der Waals surface area contributed by atoms with Gasteiger partial charge in [0.1, 0.15) is 0 Å². The Morgan fingerprint density at radius 1 is 1.23 bits per heavy atom. The van der Waals surface area contributed by atoms with Crippen LogP contribution in [0.1, 0.15) is 36.2 Å². The van der Waals surface area contributed by atoms with Gasteiger partial charge in [-0.15, -0.1) is 0 Å². The van der Waals surface area contributed by atoms with Crippen molar-refractivity contribution in [1.29, 1.82) is 0 Å². The molecule has 1 rings (SSSR count). The SMILES string of the molecule is CCC(C)NC(=O)c1cccc(CN=C(N(C)C)N(C)C)c1. The topological polar surface area (TPSA) is 47.9 Å². The van der Waals surface area contributed by atoms with Gasteiger partial charge in [-0.1, -0.05) is 19.1 Å². The fourth-order valence-electron chi connectivity index (χ4n) is 2.06. The van der Waals surface area contributed by atoms with E-state index in [0.717, 1.165) is 17.9 Å². The zero-order valence-electron chi connectivity index (χ0n) is 14.6. The Labute approximate surface area is 134 Å². The number of benzene rings is 1. The van der Waals surface area contributed by atoms with Crippen LogP contribution in [0.2, 0.25) is 0 Å². The van der Waals surface area contributed by atoms with Gasteiger partial charge in [0, 0.05) is 39.8 Å². The van der Waals surface area contributed by atoms with Crippen LogP contribution >= 0.6 is 0 Å². The van der Waals surface area contributed by atoms with Crippen LogP contribution in [0.3, 0.4) is 0 Å². The number of guanidine groups is 1. The van der Waals surface area contributed by atoms with Crippen LogP contribution < -0.4 is 5.32 Å². The van der Waals surface area contributed by atoms with Crippen LogP contribution in [-0.2, 0) is 6.54 Å². The lowest BCUT2D eigenvalue weighted by atomic mass is 10.1. The number of rotatable bonds is 5. The minimum Gasteiger partial charge on any atom is -0.350 e. The number of hydrogen-bond donors (Lipinski definition) is 1. The summed E-state index contributed by atoms with van der Waals surface area (Å²) in [5.74, 6) is 0.870. The van der Waals surface area contributed by atoms with Crippen molar-refractivity contribution in [3.63, 3.8) is 0 Å². The Morgan fingerprint density at radius 3 is 2.41 bits per heavy atom. The second-order valence-electron chi connectivity index (χ2n) is 5.89. The third-order valence-corrected chi connectivity index (χ3v) is 3.38. The monoisotopic (exact) mass is 304 g/mol. The third kappa shape index (κ3) is 5.39. The number of nitrogens with one attached hydrogen (secondary N) is 1. The van der Waals surface area contributed by atoms with Crippen molar-refractivity contribution in [1.82, 2.24) is 15.1 Å². The molecule has 0 aromatic heterocycles. The van der Waals surface area contributed by atoms with Crippen LogP contribution in [0.25, 0.3) is 0 Å². The third-order valence-electron chi connectivity index (χ3n) is 3.38. The quantitative estimate of drug-likeness (QED) is 0.670. The molecule has 22 heavy (non-hydrogen) atoms. The summed E-state index contributed by atoms with van der Waals surface area (Å²) in [5.41, 5.74) is 1.71. The van der Waals surface area contributed by atoms with Crippen molar-refractivity contribution in [3.05, 3.63) is 35.4 Å². The highest BCUT2D eigenvalue weighted by Crippen LogP contribution is 2.08. The van der Waals surface area contributed by atoms with Gasteiger partial charge in [-0.25, -0.2) is 4.99 Å². The van der Waals surface area contributed by atoms with Crippen LogP contribution in [-0.4, -0.2) is 55.9 Å². The molecule has 0 fully saturated rings. The molecule has 0 aliphatic carbocycles. The molecule has 0 saturated carbocycles. The Hall–Kier alpha value is -2.04. The molecule has 1 atom stereocenters. The molecule has 1 aromatic rings. The maximum atomic E-state index is 12.2. The van der Waals surface area contributed by atoms with Gasteiger partial charge >= 0.3 is 0 Å². The van der Waals surface area contributed by atoms with Crippen molar-refractivity contribution >= 4 is 11.9 Å². The molecule has 122 valence electrons. The first kappa shape index (κ1) is 18.0. The molecule has 0 bridgehead atoms. The van der Waals surface area contributed by atoms with Gasteiger partial charge in [-0.3, -0.25) is 4.79 Å². The highest BCUT2D eigenvalue weighted by atomic mass is 16.1. The Morgan fingerprint density at radius 2 is 1.86 bits per heavy atom. The van der Waals surface area contributed by atoms with Gasteiger partial charge in [0.15, 0.2) is 5.96 Å². The largest absolute Gasteiger partial charge is 0.350 e. The zero-order valence-corrected chi connectivity index (χ0v) is 14.6. The van der Waals surface area contributed by atoms with Crippen molar-refractivity contribution in [3.8, 4) is 0 Å². The molecule has 1 unspecified atom stereocenters.